The van der Waals surface area contributed by atoms with Crippen molar-refractivity contribution in [2.24, 2.45) is 0 Å². The van der Waals surface area contributed by atoms with Crippen molar-refractivity contribution in [1.82, 2.24) is 4.98 Å². The molecule has 0 aliphatic rings. The second-order valence-corrected chi connectivity index (χ2v) is 3.92. The van der Waals surface area contributed by atoms with E-state index < -0.39 is 0 Å². The van der Waals surface area contributed by atoms with Crippen molar-refractivity contribution in [2.75, 3.05) is 5.73 Å². The van der Waals surface area contributed by atoms with Crippen LogP contribution < -0.4 is 5.73 Å². The molecule has 1 heterocycles. The molecule has 0 saturated carbocycles. The number of rotatable bonds is 1. The van der Waals surface area contributed by atoms with Crippen molar-refractivity contribution in [1.29, 1.82) is 0 Å². The van der Waals surface area contributed by atoms with Crippen LogP contribution in [0.4, 0.5) is 5.69 Å². The Kier molecular flexibility index (Phi) is 2.52. The van der Waals surface area contributed by atoms with Crippen LogP contribution in [0.15, 0.2) is 30.5 Å². The Bertz CT molecular complexity index is 535. The molecule has 3 heteroatoms. The molecule has 0 fully saturated rings. The van der Waals surface area contributed by atoms with E-state index in [9.17, 15) is 5.11 Å². The fraction of sp³-hybridized carbons (Fsp3) is 0.154. The first-order valence-electron chi connectivity index (χ1n) is 5.10. The van der Waals surface area contributed by atoms with E-state index >= 15 is 0 Å². The van der Waals surface area contributed by atoms with Crippen LogP contribution in [0, 0.1) is 13.8 Å². The zero-order valence-electron chi connectivity index (χ0n) is 9.36. The number of benzene rings is 1. The summed E-state index contributed by atoms with van der Waals surface area (Å²) >= 11 is 0. The number of nitrogens with zero attached hydrogens (tertiary/aromatic N) is 1. The van der Waals surface area contributed by atoms with Crippen LogP contribution in [0.1, 0.15) is 11.3 Å². The molecule has 0 aliphatic carbocycles. The summed E-state index contributed by atoms with van der Waals surface area (Å²) in [6, 6.07) is 7.27. The quantitative estimate of drug-likeness (QED) is 0.566. The third kappa shape index (κ3) is 1.84. The molecule has 82 valence electrons. The maximum atomic E-state index is 9.37. The van der Waals surface area contributed by atoms with E-state index in [2.05, 4.69) is 11.1 Å². The van der Waals surface area contributed by atoms with Crippen molar-refractivity contribution in [3.05, 3.63) is 41.7 Å². The third-order valence-electron chi connectivity index (χ3n) is 2.56. The maximum absolute atomic E-state index is 9.37. The normalized spacial score (nSPS) is 10.4. The summed E-state index contributed by atoms with van der Waals surface area (Å²) < 4.78 is 0. The Morgan fingerprint density at radius 3 is 2.62 bits per heavy atom. The lowest BCUT2D eigenvalue weighted by molar-refractivity contribution is 0.478. The van der Waals surface area contributed by atoms with E-state index in [0.717, 1.165) is 22.4 Å². The summed E-state index contributed by atoms with van der Waals surface area (Å²) in [5.74, 6) is 0.113. The van der Waals surface area contributed by atoms with Crippen LogP contribution in [-0.2, 0) is 0 Å². The summed E-state index contributed by atoms with van der Waals surface area (Å²) in [5.41, 5.74) is 10.1. The number of nitrogens with two attached hydrogens (primary N) is 1. The van der Waals surface area contributed by atoms with Crippen LogP contribution in [0.3, 0.4) is 0 Å². The van der Waals surface area contributed by atoms with Gasteiger partial charge in [0.1, 0.15) is 5.75 Å². The van der Waals surface area contributed by atoms with Crippen molar-refractivity contribution in [3.8, 4) is 16.9 Å². The van der Waals surface area contributed by atoms with Crippen LogP contribution in [0.25, 0.3) is 11.1 Å². The van der Waals surface area contributed by atoms with E-state index in [1.54, 1.807) is 12.1 Å². The predicted molar refractivity (Wildman–Crippen MR) is 65.2 cm³/mol. The number of nitrogen functional groups attached to an aromatic ring is 1. The van der Waals surface area contributed by atoms with Gasteiger partial charge in [-0.2, -0.15) is 0 Å². The van der Waals surface area contributed by atoms with E-state index in [4.69, 9.17) is 5.73 Å². The Morgan fingerprint density at radius 2 is 1.94 bits per heavy atom. The number of aryl methyl sites for hydroxylation is 2. The standard InChI is InChI=1S/C13H14N2O/c1-8-5-11(9(2)15-7-8)10-3-4-13(16)12(14)6-10/h3-7,16H,14H2,1-2H3. The molecule has 2 rings (SSSR count). The Labute approximate surface area is 94.6 Å². The van der Waals surface area contributed by atoms with Gasteiger partial charge in [-0.1, -0.05) is 6.07 Å². The van der Waals surface area contributed by atoms with Gasteiger partial charge in [0, 0.05) is 17.5 Å². The fourth-order valence-corrected chi connectivity index (χ4v) is 1.65. The summed E-state index contributed by atoms with van der Waals surface area (Å²) in [4.78, 5) is 4.30. The molecule has 0 bridgehead atoms. The number of aromatic nitrogens is 1. The molecule has 0 atom stereocenters. The molecule has 0 amide bonds. The highest BCUT2D eigenvalue weighted by Gasteiger charge is 2.05. The van der Waals surface area contributed by atoms with Gasteiger partial charge in [0.25, 0.3) is 0 Å². The van der Waals surface area contributed by atoms with Crippen LogP contribution >= 0.6 is 0 Å². The lowest BCUT2D eigenvalue weighted by Crippen LogP contribution is -1.91. The van der Waals surface area contributed by atoms with Gasteiger partial charge in [-0.05, 0) is 43.2 Å². The van der Waals surface area contributed by atoms with Gasteiger partial charge in [0.15, 0.2) is 0 Å². The monoisotopic (exact) mass is 214 g/mol. The number of hydrogen-bond acceptors (Lipinski definition) is 3. The van der Waals surface area contributed by atoms with Gasteiger partial charge in [0.2, 0.25) is 0 Å². The van der Waals surface area contributed by atoms with Gasteiger partial charge in [-0.3, -0.25) is 4.98 Å². The Hall–Kier alpha value is -2.03. The SMILES string of the molecule is Cc1cnc(C)c(-c2ccc(O)c(N)c2)c1. The minimum absolute atomic E-state index is 0.113. The smallest absolute Gasteiger partial charge is 0.138 e. The molecule has 3 N–H and O–H groups in total. The van der Waals surface area contributed by atoms with Gasteiger partial charge in [-0.25, -0.2) is 0 Å². The molecular weight excluding hydrogens is 200 g/mol. The summed E-state index contributed by atoms with van der Waals surface area (Å²) in [5, 5.41) is 9.37. The second-order valence-electron chi connectivity index (χ2n) is 3.92. The summed E-state index contributed by atoms with van der Waals surface area (Å²) in [6.45, 7) is 3.96. The van der Waals surface area contributed by atoms with Crippen LogP contribution in [-0.4, -0.2) is 10.1 Å². The van der Waals surface area contributed by atoms with Gasteiger partial charge in [0.05, 0.1) is 5.69 Å². The van der Waals surface area contributed by atoms with Crippen molar-refractivity contribution in [3.63, 3.8) is 0 Å². The van der Waals surface area contributed by atoms with E-state index in [1.807, 2.05) is 26.1 Å². The summed E-state index contributed by atoms with van der Waals surface area (Å²) in [6.07, 6.45) is 1.84. The molecule has 0 spiro atoms. The van der Waals surface area contributed by atoms with E-state index in [1.165, 1.54) is 0 Å². The zero-order chi connectivity index (χ0) is 11.7. The topological polar surface area (TPSA) is 59.1 Å². The number of anilines is 1. The second kappa shape index (κ2) is 3.85. The molecule has 3 nitrogen and oxygen atoms in total. The number of pyridine rings is 1. The van der Waals surface area contributed by atoms with Crippen molar-refractivity contribution < 1.29 is 5.11 Å². The van der Waals surface area contributed by atoms with Gasteiger partial charge < -0.3 is 10.8 Å². The highest BCUT2D eigenvalue weighted by atomic mass is 16.3. The average Bonchev–Trinajstić information content (AvgIpc) is 2.26. The first-order chi connectivity index (χ1) is 7.58. The van der Waals surface area contributed by atoms with Crippen LogP contribution in [0.2, 0.25) is 0 Å². The molecule has 0 aliphatic heterocycles. The van der Waals surface area contributed by atoms with E-state index in [-0.39, 0.29) is 5.75 Å². The molecule has 1 aromatic heterocycles. The molecule has 2 aromatic rings. The molecular formula is C13H14N2O. The molecule has 1 aromatic carbocycles. The van der Waals surface area contributed by atoms with Gasteiger partial charge >= 0.3 is 0 Å². The number of phenolic OH excluding ortho intramolecular Hbond substituents is 1. The van der Waals surface area contributed by atoms with Crippen molar-refractivity contribution in [2.45, 2.75) is 13.8 Å². The molecule has 0 saturated heterocycles. The number of aromatic hydroxyl groups is 1. The minimum Gasteiger partial charge on any atom is -0.506 e. The highest BCUT2D eigenvalue weighted by Crippen LogP contribution is 2.29. The minimum atomic E-state index is 0.113. The number of phenols is 1. The number of hydrogen-bond donors (Lipinski definition) is 2. The van der Waals surface area contributed by atoms with Crippen molar-refractivity contribution >= 4 is 5.69 Å². The lowest BCUT2D eigenvalue weighted by Gasteiger charge is -2.08. The average molecular weight is 214 g/mol. The Balaban J connectivity index is 2.58. The van der Waals surface area contributed by atoms with Crippen LogP contribution in [0.5, 0.6) is 5.75 Å². The summed E-state index contributed by atoms with van der Waals surface area (Å²) in [7, 11) is 0. The zero-order valence-corrected chi connectivity index (χ0v) is 9.36. The first-order valence-corrected chi connectivity index (χ1v) is 5.10. The predicted octanol–water partition coefficient (Wildman–Crippen LogP) is 2.65. The molecule has 16 heavy (non-hydrogen) atoms. The Morgan fingerprint density at radius 1 is 1.19 bits per heavy atom. The third-order valence-corrected chi connectivity index (χ3v) is 2.56. The maximum Gasteiger partial charge on any atom is 0.138 e. The molecule has 0 unspecified atom stereocenters. The highest BCUT2D eigenvalue weighted by molar-refractivity contribution is 5.72. The molecule has 0 radical (unpaired) electrons. The van der Waals surface area contributed by atoms with E-state index in [0.29, 0.717) is 5.69 Å². The largest absolute Gasteiger partial charge is 0.506 e. The first kappa shape index (κ1) is 10.5. The van der Waals surface area contributed by atoms with Gasteiger partial charge in [-0.15, -0.1) is 0 Å². The lowest BCUT2D eigenvalue weighted by atomic mass is 10.0. The fourth-order valence-electron chi connectivity index (χ4n) is 1.65.